The van der Waals surface area contributed by atoms with E-state index < -0.39 is 11.4 Å². The molecule has 0 atom stereocenters. The van der Waals surface area contributed by atoms with Crippen molar-refractivity contribution >= 4 is 40.1 Å². The Bertz CT molecular complexity index is 1070. The smallest absolute Gasteiger partial charge is 0.309 e. The van der Waals surface area contributed by atoms with Crippen LogP contribution in [-0.4, -0.2) is 50.9 Å². The van der Waals surface area contributed by atoms with E-state index in [0.717, 1.165) is 36.4 Å². The number of carboxylic acids is 1. The lowest BCUT2D eigenvalue weighted by Crippen LogP contribution is -2.45. The number of hydrogen-bond donors (Lipinski definition) is 1. The molecule has 31 heavy (non-hydrogen) atoms. The molecule has 1 N–H and O–H groups in total. The number of para-hydroxylation sites is 2. The van der Waals surface area contributed by atoms with Crippen molar-refractivity contribution in [2.45, 2.75) is 36.4 Å². The third-order valence-electron chi connectivity index (χ3n) is 6.20. The van der Waals surface area contributed by atoms with Gasteiger partial charge >= 0.3 is 5.97 Å². The van der Waals surface area contributed by atoms with Gasteiger partial charge in [-0.15, -0.1) is 23.1 Å². The number of carbonyl (C=O) groups is 1. The number of piperidine rings is 1. The lowest BCUT2D eigenvalue weighted by Gasteiger charge is -2.39. The minimum Gasteiger partial charge on any atom is -0.481 e. The Morgan fingerprint density at radius 3 is 2.71 bits per heavy atom. The maximum Gasteiger partial charge on any atom is 0.309 e. The van der Waals surface area contributed by atoms with Crippen molar-refractivity contribution in [2.24, 2.45) is 5.41 Å². The summed E-state index contributed by atoms with van der Waals surface area (Å²) in [5.74, 6) is 0.325. The van der Waals surface area contributed by atoms with Crippen LogP contribution in [-0.2, 0) is 11.3 Å². The van der Waals surface area contributed by atoms with Crippen LogP contribution in [0.5, 0.6) is 0 Å². The number of likely N-dealkylation sites (tertiary alicyclic amines) is 1. The number of aliphatic carboxylic acids is 1. The summed E-state index contributed by atoms with van der Waals surface area (Å²) in [4.78, 5) is 31.1. The summed E-state index contributed by atoms with van der Waals surface area (Å²) in [5.41, 5.74) is 0.756. The molecule has 8 heteroatoms. The van der Waals surface area contributed by atoms with Crippen LogP contribution >= 0.6 is 23.1 Å². The van der Waals surface area contributed by atoms with Crippen LogP contribution in [0.1, 0.15) is 25.7 Å². The summed E-state index contributed by atoms with van der Waals surface area (Å²) in [6, 6.07) is 11.8. The van der Waals surface area contributed by atoms with E-state index in [4.69, 9.17) is 0 Å². The van der Waals surface area contributed by atoms with E-state index in [9.17, 15) is 14.7 Å². The second-order valence-electron chi connectivity index (χ2n) is 8.05. The second-order valence-corrected chi connectivity index (χ2v) is 10.4. The molecule has 0 amide bonds. The van der Waals surface area contributed by atoms with E-state index in [1.165, 1.54) is 10.4 Å². The quantitative estimate of drug-likeness (QED) is 0.486. The van der Waals surface area contributed by atoms with Crippen molar-refractivity contribution in [3.8, 4) is 0 Å². The highest BCUT2D eigenvalue weighted by atomic mass is 32.2. The minimum atomic E-state index is -0.702. The highest BCUT2D eigenvalue weighted by molar-refractivity contribution is 8.01. The Morgan fingerprint density at radius 1 is 1.16 bits per heavy atom. The van der Waals surface area contributed by atoms with E-state index in [0.29, 0.717) is 32.2 Å². The molecule has 0 spiro atoms. The summed E-state index contributed by atoms with van der Waals surface area (Å²) < 4.78 is 3.05. The van der Waals surface area contributed by atoms with Gasteiger partial charge in [0.2, 0.25) is 0 Å². The molecule has 1 saturated heterocycles. The number of hydrogen-bond acceptors (Lipinski definition) is 6. The van der Waals surface area contributed by atoms with Crippen LogP contribution in [0.25, 0.3) is 11.0 Å². The highest BCUT2D eigenvalue weighted by Crippen LogP contribution is 2.37. The third kappa shape index (κ3) is 5.19. The van der Waals surface area contributed by atoms with E-state index in [1.807, 2.05) is 36.0 Å². The summed E-state index contributed by atoms with van der Waals surface area (Å²) in [6.07, 6.45) is 3.93. The zero-order valence-electron chi connectivity index (χ0n) is 17.4. The summed E-state index contributed by atoms with van der Waals surface area (Å²) in [5, 5.41) is 12.1. The van der Waals surface area contributed by atoms with Crippen LogP contribution in [0.15, 0.2) is 57.0 Å². The van der Waals surface area contributed by atoms with Gasteiger partial charge in [-0.2, -0.15) is 0 Å². The predicted molar refractivity (Wildman–Crippen MR) is 126 cm³/mol. The number of aryl methyl sites for hydroxylation is 1. The van der Waals surface area contributed by atoms with Gasteiger partial charge in [0.1, 0.15) is 0 Å². The van der Waals surface area contributed by atoms with Crippen LogP contribution in [0, 0.1) is 5.41 Å². The zero-order valence-corrected chi connectivity index (χ0v) is 19.0. The first-order chi connectivity index (χ1) is 15.1. The molecule has 2 aromatic heterocycles. The van der Waals surface area contributed by atoms with Gasteiger partial charge in [-0.3, -0.25) is 9.59 Å². The molecule has 4 rings (SSSR count). The number of carboxylic acid groups (broad SMARTS) is 1. The molecule has 0 unspecified atom stereocenters. The average Bonchev–Trinajstić information content (AvgIpc) is 3.30. The van der Waals surface area contributed by atoms with Gasteiger partial charge in [0.05, 0.1) is 26.9 Å². The maximum atomic E-state index is 12.3. The minimum absolute atomic E-state index is 0.138. The monoisotopic (exact) mass is 457 g/mol. The molecule has 1 fully saturated rings. The van der Waals surface area contributed by atoms with Crippen molar-refractivity contribution < 1.29 is 9.90 Å². The Hall–Kier alpha value is -2.16. The van der Waals surface area contributed by atoms with Crippen LogP contribution in [0.2, 0.25) is 0 Å². The van der Waals surface area contributed by atoms with Crippen molar-refractivity contribution in [1.29, 1.82) is 0 Å². The first-order valence-electron chi connectivity index (χ1n) is 10.6. The van der Waals surface area contributed by atoms with Gasteiger partial charge in [0.15, 0.2) is 0 Å². The van der Waals surface area contributed by atoms with E-state index >= 15 is 0 Å². The van der Waals surface area contributed by atoms with Crippen LogP contribution in [0.3, 0.4) is 0 Å². The van der Waals surface area contributed by atoms with E-state index in [-0.39, 0.29) is 5.56 Å². The number of nitrogens with zero attached hydrogens (tertiary/aromatic N) is 3. The number of thiophene rings is 1. The standard InChI is InChI=1S/C23H27N3O3S2/c27-20-17-24-18-5-1-2-6-19(18)26(20)11-4-8-23(22(28)29)9-12-25(13-10-23)14-16-31-21-7-3-15-30-21/h1-3,5-7,15,17H,4,8-14,16H2,(H,28,29). The van der Waals surface area contributed by atoms with Crippen LogP contribution < -0.4 is 5.56 Å². The largest absolute Gasteiger partial charge is 0.481 e. The van der Waals surface area contributed by atoms with Crippen molar-refractivity contribution in [3.05, 3.63) is 58.3 Å². The molecule has 6 nitrogen and oxygen atoms in total. The summed E-state index contributed by atoms with van der Waals surface area (Å²) >= 11 is 3.62. The number of thioether (sulfide) groups is 1. The highest BCUT2D eigenvalue weighted by Gasteiger charge is 2.40. The summed E-state index contributed by atoms with van der Waals surface area (Å²) in [6.45, 7) is 3.12. The van der Waals surface area contributed by atoms with Crippen molar-refractivity contribution in [3.63, 3.8) is 0 Å². The lowest BCUT2D eigenvalue weighted by molar-refractivity contribution is -0.152. The SMILES string of the molecule is O=C(O)C1(CCCn2c(=O)cnc3ccccc32)CCN(CCSc2cccs2)CC1. The molecule has 0 saturated carbocycles. The Labute approximate surface area is 189 Å². The molecular formula is C23H27N3O3S2. The Morgan fingerprint density at radius 2 is 1.97 bits per heavy atom. The number of aromatic nitrogens is 2. The molecule has 1 aromatic carbocycles. The van der Waals surface area contributed by atoms with Crippen LogP contribution in [0.4, 0.5) is 0 Å². The fourth-order valence-electron chi connectivity index (χ4n) is 4.32. The normalized spacial score (nSPS) is 16.5. The van der Waals surface area contributed by atoms with Gasteiger partial charge in [0.25, 0.3) is 5.56 Å². The molecule has 0 bridgehead atoms. The molecule has 164 valence electrons. The topological polar surface area (TPSA) is 75.4 Å². The Kier molecular flexibility index (Phi) is 7.09. The molecule has 0 aliphatic carbocycles. The van der Waals surface area contributed by atoms with Gasteiger partial charge in [-0.1, -0.05) is 18.2 Å². The average molecular weight is 458 g/mol. The molecular weight excluding hydrogens is 430 g/mol. The van der Waals surface area contributed by atoms with Crippen molar-refractivity contribution in [1.82, 2.24) is 14.5 Å². The zero-order chi connectivity index (χ0) is 21.7. The Balaban J connectivity index is 1.32. The fourth-order valence-corrected chi connectivity index (χ4v) is 6.18. The molecule has 3 aromatic rings. The van der Waals surface area contributed by atoms with E-state index in [2.05, 4.69) is 27.4 Å². The predicted octanol–water partition coefficient (Wildman–Crippen LogP) is 4.20. The lowest BCUT2D eigenvalue weighted by atomic mass is 9.75. The van der Waals surface area contributed by atoms with E-state index in [1.54, 1.807) is 15.9 Å². The van der Waals surface area contributed by atoms with Gasteiger partial charge < -0.3 is 14.6 Å². The number of fused-ring (bicyclic) bond motifs is 1. The molecule has 3 heterocycles. The maximum absolute atomic E-state index is 12.3. The second kappa shape index (κ2) is 9.97. The summed E-state index contributed by atoms with van der Waals surface area (Å²) in [7, 11) is 0. The third-order valence-corrected chi connectivity index (χ3v) is 8.31. The fraction of sp³-hybridized carbons (Fsp3) is 0.435. The molecule has 0 radical (unpaired) electrons. The number of benzene rings is 1. The van der Waals surface area contributed by atoms with Gasteiger partial charge in [-0.05, 0) is 62.4 Å². The van der Waals surface area contributed by atoms with Gasteiger partial charge in [-0.25, -0.2) is 4.98 Å². The van der Waals surface area contributed by atoms with Crippen molar-refractivity contribution in [2.75, 3.05) is 25.4 Å². The first kappa shape index (κ1) is 22.0. The molecule has 1 aliphatic rings. The first-order valence-corrected chi connectivity index (χ1v) is 12.5. The van der Waals surface area contributed by atoms with Gasteiger partial charge in [0, 0.05) is 18.8 Å². The number of rotatable bonds is 9. The molecule has 1 aliphatic heterocycles.